The summed E-state index contributed by atoms with van der Waals surface area (Å²) < 4.78 is 0. The van der Waals surface area contributed by atoms with Crippen molar-refractivity contribution in [1.29, 1.82) is 0 Å². The Balaban J connectivity index is 1.55. The van der Waals surface area contributed by atoms with E-state index in [0.717, 1.165) is 35.8 Å². The molecule has 1 aliphatic heterocycles. The van der Waals surface area contributed by atoms with E-state index in [1.54, 1.807) is 11.8 Å². The molecule has 1 saturated carbocycles. The Labute approximate surface area is 121 Å². The summed E-state index contributed by atoms with van der Waals surface area (Å²) in [6.45, 7) is 0. The van der Waals surface area contributed by atoms with Crippen molar-refractivity contribution in [2.45, 2.75) is 18.9 Å². The predicted octanol–water partition coefficient (Wildman–Crippen LogP) is 1.64. The number of benzene rings is 1. The van der Waals surface area contributed by atoms with Crippen molar-refractivity contribution in [2.75, 3.05) is 22.3 Å². The fourth-order valence-corrected chi connectivity index (χ4v) is 2.96. The van der Waals surface area contributed by atoms with Crippen molar-refractivity contribution >= 4 is 35.0 Å². The van der Waals surface area contributed by atoms with E-state index < -0.39 is 0 Å². The van der Waals surface area contributed by atoms with Crippen LogP contribution < -0.4 is 16.0 Å². The zero-order valence-electron chi connectivity index (χ0n) is 11.0. The van der Waals surface area contributed by atoms with E-state index >= 15 is 0 Å². The highest BCUT2D eigenvalue weighted by Gasteiger charge is 2.29. The van der Waals surface area contributed by atoms with Crippen molar-refractivity contribution in [2.24, 2.45) is 5.92 Å². The fourth-order valence-electron chi connectivity index (χ4n) is 2.02. The molecular weight excluding hydrogens is 274 g/mol. The van der Waals surface area contributed by atoms with Gasteiger partial charge in [0.2, 0.25) is 11.8 Å². The highest BCUT2D eigenvalue weighted by atomic mass is 32.2. The molecule has 1 unspecified atom stereocenters. The third-order valence-electron chi connectivity index (χ3n) is 3.40. The Morgan fingerprint density at radius 1 is 1.05 bits per heavy atom. The first-order valence-corrected chi connectivity index (χ1v) is 7.91. The lowest BCUT2D eigenvalue weighted by Crippen LogP contribution is -2.37. The summed E-state index contributed by atoms with van der Waals surface area (Å²) in [5.41, 5.74) is 1.52. The van der Waals surface area contributed by atoms with Crippen molar-refractivity contribution in [3.05, 3.63) is 24.3 Å². The Hall–Kier alpha value is -1.53. The van der Waals surface area contributed by atoms with Crippen LogP contribution in [0.1, 0.15) is 12.8 Å². The largest absolute Gasteiger partial charge is 0.326 e. The van der Waals surface area contributed by atoms with E-state index in [0.29, 0.717) is 0 Å². The van der Waals surface area contributed by atoms with Gasteiger partial charge in [0.05, 0.1) is 6.04 Å². The number of anilines is 2. The van der Waals surface area contributed by atoms with Gasteiger partial charge in [0.15, 0.2) is 0 Å². The molecule has 0 radical (unpaired) electrons. The monoisotopic (exact) mass is 291 g/mol. The van der Waals surface area contributed by atoms with Gasteiger partial charge in [-0.25, -0.2) is 0 Å². The predicted molar refractivity (Wildman–Crippen MR) is 80.7 cm³/mol. The standard InChI is InChI=1S/C14H17N3O2S/c18-13(9-1-2-9)16-10-3-5-11(6-4-10)17-14(19)12-7-20-8-15-12/h3-6,9,12,15H,1-2,7-8H2,(H,16,18)(H,17,19). The smallest absolute Gasteiger partial charge is 0.242 e. The average Bonchev–Trinajstić information content (AvgIpc) is 3.16. The lowest BCUT2D eigenvalue weighted by Gasteiger charge is -2.11. The van der Waals surface area contributed by atoms with Crippen molar-refractivity contribution < 1.29 is 9.59 Å². The average molecular weight is 291 g/mol. The summed E-state index contributed by atoms with van der Waals surface area (Å²) in [5, 5.41) is 8.87. The quantitative estimate of drug-likeness (QED) is 0.788. The van der Waals surface area contributed by atoms with Crippen molar-refractivity contribution in [3.63, 3.8) is 0 Å². The Kier molecular flexibility index (Phi) is 3.93. The van der Waals surface area contributed by atoms with Crippen LogP contribution in [0.15, 0.2) is 24.3 Å². The summed E-state index contributed by atoms with van der Waals surface area (Å²) in [6, 6.07) is 7.12. The molecule has 2 fully saturated rings. The normalized spacial score (nSPS) is 21.5. The van der Waals surface area contributed by atoms with Crippen LogP contribution in [-0.4, -0.2) is 29.5 Å². The molecule has 1 aromatic carbocycles. The van der Waals surface area contributed by atoms with Gasteiger partial charge in [-0.1, -0.05) is 0 Å². The number of rotatable bonds is 4. The Bertz CT molecular complexity index is 508. The zero-order valence-corrected chi connectivity index (χ0v) is 11.8. The molecule has 0 bridgehead atoms. The third kappa shape index (κ3) is 3.32. The fraction of sp³-hybridized carbons (Fsp3) is 0.429. The van der Waals surface area contributed by atoms with Gasteiger partial charge in [-0.3, -0.25) is 14.9 Å². The molecule has 20 heavy (non-hydrogen) atoms. The second kappa shape index (κ2) is 5.85. The topological polar surface area (TPSA) is 70.2 Å². The highest BCUT2D eigenvalue weighted by Crippen LogP contribution is 2.30. The number of hydrogen-bond donors (Lipinski definition) is 3. The first-order valence-electron chi connectivity index (χ1n) is 6.75. The van der Waals surface area contributed by atoms with Crippen LogP contribution in [-0.2, 0) is 9.59 Å². The molecule has 1 saturated heterocycles. The van der Waals surface area contributed by atoms with Crippen LogP contribution in [0.4, 0.5) is 11.4 Å². The van der Waals surface area contributed by atoms with Gasteiger partial charge in [-0.15, -0.1) is 11.8 Å². The molecule has 2 amide bonds. The summed E-state index contributed by atoms with van der Waals surface area (Å²) in [5.74, 6) is 1.91. The summed E-state index contributed by atoms with van der Waals surface area (Å²) in [4.78, 5) is 23.5. The van der Waals surface area contributed by atoms with Crippen molar-refractivity contribution in [1.82, 2.24) is 5.32 Å². The lowest BCUT2D eigenvalue weighted by atomic mass is 10.2. The van der Waals surface area contributed by atoms with Gasteiger partial charge in [-0.05, 0) is 37.1 Å². The molecule has 3 rings (SSSR count). The Morgan fingerprint density at radius 3 is 2.15 bits per heavy atom. The maximum absolute atomic E-state index is 11.9. The summed E-state index contributed by atoms with van der Waals surface area (Å²) in [6.07, 6.45) is 1.98. The molecule has 0 spiro atoms. The maximum Gasteiger partial charge on any atom is 0.242 e. The van der Waals surface area contributed by atoms with Crippen LogP contribution in [0.5, 0.6) is 0 Å². The van der Waals surface area contributed by atoms with Gasteiger partial charge < -0.3 is 10.6 Å². The molecule has 6 heteroatoms. The molecule has 0 aromatic heterocycles. The summed E-state index contributed by atoms with van der Waals surface area (Å²) >= 11 is 1.72. The molecule has 1 aromatic rings. The van der Waals surface area contributed by atoms with Gasteiger partial charge in [0.25, 0.3) is 0 Å². The van der Waals surface area contributed by atoms with Crippen LogP contribution in [0.25, 0.3) is 0 Å². The van der Waals surface area contributed by atoms with Gasteiger partial charge >= 0.3 is 0 Å². The molecule has 1 atom stereocenters. The highest BCUT2D eigenvalue weighted by molar-refractivity contribution is 7.99. The number of carbonyl (C=O) groups is 2. The minimum absolute atomic E-state index is 0.00948. The maximum atomic E-state index is 11.9. The van der Waals surface area contributed by atoms with E-state index in [2.05, 4.69) is 16.0 Å². The number of hydrogen-bond acceptors (Lipinski definition) is 4. The molecule has 1 aliphatic carbocycles. The van der Waals surface area contributed by atoms with Gasteiger partial charge in [-0.2, -0.15) is 0 Å². The SMILES string of the molecule is O=C(Nc1ccc(NC(=O)C2CSCN2)cc1)C1CC1. The number of thioether (sulfide) groups is 1. The molecule has 5 nitrogen and oxygen atoms in total. The number of nitrogens with one attached hydrogen (secondary N) is 3. The van der Waals surface area contributed by atoms with Crippen molar-refractivity contribution in [3.8, 4) is 0 Å². The second-order valence-electron chi connectivity index (χ2n) is 5.10. The van der Waals surface area contributed by atoms with Crippen LogP contribution in [0, 0.1) is 5.92 Å². The number of carbonyl (C=O) groups excluding carboxylic acids is 2. The van der Waals surface area contributed by atoms with E-state index in [4.69, 9.17) is 0 Å². The molecular formula is C14H17N3O2S. The molecule has 2 aliphatic rings. The van der Waals surface area contributed by atoms with Crippen LogP contribution in [0.2, 0.25) is 0 Å². The van der Waals surface area contributed by atoms with E-state index in [1.807, 2.05) is 24.3 Å². The third-order valence-corrected chi connectivity index (χ3v) is 4.34. The number of amides is 2. The van der Waals surface area contributed by atoms with Gasteiger partial charge in [0, 0.05) is 28.9 Å². The lowest BCUT2D eigenvalue weighted by molar-refractivity contribution is -0.118. The van der Waals surface area contributed by atoms with E-state index in [9.17, 15) is 9.59 Å². The first kappa shape index (κ1) is 13.5. The minimum Gasteiger partial charge on any atom is -0.326 e. The Morgan fingerprint density at radius 2 is 1.65 bits per heavy atom. The van der Waals surface area contributed by atoms with Gasteiger partial charge in [0.1, 0.15) is 0 Å². The molecule has 106 valence electrons. The first-order chi connectivity index (χ1) is 9.72. The zero-order chi connectivity index (χ0) is 13.9. The molecule has 1 heterocycles. The van der Waals surface area contributed by atoms with Crippen LogP contribution in [0.3, 0.4) is 0 Å². The minimum atomic E-state index is -0.116. The van der Waals surface area contributed by atoms with E-state index in [-0.39, 0.29) is 23.8 Å². The molecule has 3 N–H and O–H groups in total. The van der Waals surface area contributed by atoms with Crippen LogP contribution >= 0.6 is 11.8 Å². The summed E-state index contributed by atoms with van der Waals surface area (Å²) in [7, 11) is 0. The second-order valence-corrected chi connectivity index (χ2v) is 6.13. The van der Waals surface area contributed by atoms with E-state index in [1.165, 1.54) is 0 Å².